The van der Waals surface area contributed by atoms with Crippen LogP contribution in [0.5, 0.6) is 5.75 Å². The van der Waals surface area contributed by atoms with Gasteiger partial charge < -0.3 is 10.4 Å². The molecule has 4 heteroatoms. The fourth-order valence-electron chi connectivity index (χ4n) is 4.33. The van der Waals surface area contributed by atoms with Gasteiger partial charge in [-0.2, -0.15) is 0 Å². The van der Waals surface area contributed by atoms with Crippen LogP contribution < -0.4 is 5.32 Å². The fourth-order valence-corrected chi connectivity index (χ4v) is 4.33. The lowest BCUT2D eigenvalue weighted by molar-refractivity contribution is 0.0457. The lowest BCUT2D eigenvalue weighted by Gasteiger charge is -2.46. The lowest BCUT2D eigenvalue weighted by Crippen LogP contribution is -2.54. The van der Waals surface area contributed by atoms with Gasteiger partial charge in [0.05, 0.1) is 5.56 Å². The Morgan fingerprint density at radius 1 is 1.24 bits per heavy atom. The molecule has 0 saturated carbocycles. The maximum absolute atomic E-state index is 12.8. The maximum atomic E-state index is 12.8. The van der Waals surface area contributed by atoms with Crippen molar-refractivity contribution < 1.29 is 9.90 Å². The van der Waals surface area contributed by atoms with E-state index in [9.17, 15) is 9.90 Å². The van der Waals surface area contributed by atoms with Crippen LogP contribution in [0.1, 0.15) is 75.7 Å². The second-order valence-corrected chi connectivity index (χ2v) is 8.85. The number of piperidine rings is 2. The van der Waals surface area contributed by atoms with Gasteiger partial charge in [-0.05, 0) is 55.7 Å². The molecule has 0 unspecified atom stereocenters. The highest BCUT2D eigenvalue weighted by atomic mass is 16.3. The molecular weight excluding hydrogens is 312 g/mol. The van der Waals surface area contributed by atoms with Gasteiger partial charge in [-0.3, -0.25) is 9.69 Å². The van der Waals surface area contributed by atoms with Crippen LogP contribution in [-0.4, -0.2) is 40.6 Å². The number of phenols is 1. The molecule has 4 nitrogen and oxygen atoms in total. The highest BCUT2D eigenvalue weighted by Gasteiger charge is 2.34. The van der Waals surface area contributed by atoms with E-state index in [0.717, 1.165) is 24.9 Å². The van der Waals surface area contributed by atoms with Crippen LogP contribution in [0.3, 0.4) is 0 Å². The number of nitrogens with one attached hydrogen (secondary N) is 1. The van der Waals surface area contributed by atoms with Crippen molar-refractivity contribution in [3.63, 3.8) is 0 Å². The summed E-state index contributed by atoms with van der Waals surface area (Å²) >= 11 is 0. The van der Waals surface area contributed by atoms with Crippen LogP contribution >= 0.6 is 0 Å². The zero-order valence-electron chi connectivity index (χ0n) is 16.0. The molecule has 3 rings (SSSR count). The lowest BCUT2D eigenvalue weighted by atomic mass is 9.85. The van der Waals surface area contributed by atoms with Crippen LogP contribution in [0.15, 0.2) is 18.2 Å². The van der Waals surface area contributed by atoms with E-state index in [1.165, 1.54) is 19.3 Å². The van der Waals surface area contributed by atoms with E-state index in [1.807, 2.05) is 12.1 Å². The molecule has 1 aromatic carbocycles. The molecule has 1 amide bonds. The molecule has 138 valence electrons. The Morgan fingerprint density at radius 3 is 2.72 bits per heavy atom. The Labute approximate surface area is 151 Å². The minimum absolute atomic E-state index is 0.0493. The molecule has 3 atom stereocenters. The normalized spacial score (nSPS) is 27.6. The smallest absolute Gasteiger partial charge is 0.255 e. The van der Waals surface area contributed by atoms with Crippen LogP contribution in [0.25, 0.3) is 0 Å². The summed E-state index contributed by atoms with van der Waals surface area (Å²) < 4.78 is 0. The number of hydrogen-bond donors (Lipinski definition) is 2. The molecule has 2 heterocycles. The summed E-state index contributed by atoms with van der Waals surface area (Å²) in [5, 5.41) is 13.3. The topological polar surface area (TPSA) is 52.6 Å². The number of aromatic hydroxyl groups is 1. The number of hydrogen-bond acceptors (Lipinski definition) is 3. The third-order valence-electron chi connectivity index (χ3n) is 5.93. The van der Waals surface area contributed by atoms with Gasteiger partial charge in [0.15, 0.2) is 0 Å². The highest BCUT2D eigenvalue weighted by molar-refractivity contribution is 5.97. The van der Waals surface area contributed by atoms with Crippen molar-refractivity contribution in [2.75, 3.05) is 6.54 Å². The minimum atomic E-state index is -0.147. The molecule has 2 saturated heterocycles. The van der Waals surface area contributed by atoms with Crippen molar-refractivity contribution in [1.29, 1.82) is 0 Å². The van der Waals surface area contributed by atoms with E-state index >= 15 is 0 Å². The molecule has 1 aromatic rings. The largest absolute Gasteiger partial charge is 0.507 e. The van der Waals surface area contributed by atoms with E-state index in [1.54, 1.807) is 6.07 Å². The second-order valence-electron chi connectivity index (χ2n) is 8.85. The quantitative estimate of drug-likeness (QED) is 0.857. The van der Waals surface area contributed by atoms with E-state index in [4.69, 9.17) is 0 Å². The van der Waals surface area contributed by atoms with Gasteiger partial charge in [0.2, 0.25) is 0 Å². The van der Waals surface area contributed by atoms with Crippen LogP contribution in [0, 0.1) is 0 Å². The molecule has 25 heavy (non-hydrogen) atoms. The summed E-state index contributed by atoms with van der Waals surface area (Å²) in [6.45, 7) is 9.72. The Bertz CT molecular complexity index is 635. The number of nitrogens with zero attached hydrogens (tertiary/aromatic N) is 1. The molecule has 2 fully saturated rings. The maximum Gasteiger partial charge on any atom is 0.255 e. The summed E-state index contributed by atoms with van der Waals surface area (Å²) in [4.78, 5) is 15.4. The second kappa shape index (κ2) is 6.99. The van der Waals surface area contributed by atoms with E-state index < -0.39 is 0 Å². The molecule has 0 radical (unpaired) electrons. The zero-order chi connectivity index (χ0) is 18.2. The molecule has 2 aliphatic heterocycles. The van der Waals surface area contributed by atoms with Crippen molar-refractivity contribution in [3.05, 3.63) is 29.3 Å². The average molecular weight is 344 g/mol. The van der Waals surface area contributed by atoms with Gasteiger partial charge in [0.25, 0.3) is 5.91 Å². The summed E-state index contributed by atoms with van der Waals surface area (Å²) in [5.74, 6) is -0.0832. The minimum Gasteiger partial charge on any atom is -0.507 e. The fraction of sp³-hybridized carbons (Fsp3) is 0.667. The third-order valence-corrected chi connectivity index (χ3v) is 5.93. The van der Waals surface area contributed by atoms with Crippen molar-refractivity contribution in [3.8, 4) is 5.75 Å². The zero-order valence-corrected chi connectivity index (χ0v) is 16.0. The van der Waals surface area contributed by atoms with Gasteiger partial charge in [-0.25, -0.2) is 0 Å². The molecule has 2 N–H and O–H groups in total. The number of benzene rings is 1. The predicted molar refractivity (Wildman–Crippen MR) is 101 cm³/mol. The molecule has 0 bridgehead atoms. The summed E-state index contributed by atoms with van der Waals surface area (Å²) in [6.07, 6.45) is 5.84. The summed E-state index contributed by atoms with van der Waals surface area (Å²) in [7, 11) is 0. The van der Waals surface area contributed by atoms with Crippen molar-refractivity contribution in [1.82, 2.24) is 10.2 Å². The van der Waals surface area contributed by atoms with Crippen LogP contribution in [0.4, 0.5) is 0 Å². The molecule has 2 aliphatic rings. The monoisotopic (exact) mass is 344 g/mol. The van der Waals surface area contributed by atoms with Crippen LogP contribution in [-0.2, 0) is 5.41 Å². The Balaban J connectivity index is 1.69. The number of fused-ring (bicyclic) bond motifs is 1. The first-order valence-electron chi connectivity index (χ1n) is 9.66. The Hall–Kier alpha value is -1.55. The first kappa shape index (κ1) is 18.2. The number of carbonyl (C=O) groups is 1. The Kier molecular flexibility index (Phi) is 5.10. The molecule has 0 spiro atoms. The van der Waals surface area contributed by atoms with Crippen molar-refractivity contribution >= 4 is 5.91 Å². The SMILES string of the molecule is C[C@@H]1CCC[C@@H]2C[C@@H](NC(=O)c3cc(C(C)(C)C)ccc3O)CCN21. The number of phenolic OH excluding ortho intramolecular Hbond substituents is 1. The van der Waals surface area contributed by atoms with Gasteiger partial charge in [-0.15, -0.1) is 0 Å². The van der Waals surface area contributed by atoms with Gasteiger partial charge in [-0.1, -0.05) is 33.3 Å². The summed E-state index contributed by atoms with van der Waals surface area (Å²) in [5.41, 5.74) is 1.41. The molecule has 0 aliphatic carbocycles. The average Bonchev–Trinajstić information content (AvgIpc) is 2.54. The first-order valence-corrected chi connectivity index (χ1v) is 9.66. The van der Waals surface area contributed by atoms with Gasteiger partial charge in [0.1, 0.15) is 5.75 Å². The standard InChI is InChI=1S/C21H32N2O2/c1-14-6-5-7-17-13-16(10-11-23(14)17)22-20(25)18-12-15(21(2,3)4)8-9-19(18)24/h8-9,12,14,16-17,24H,5-7,10-11,13H2,1-4H3,(H,22,25)/t14-,16+,17-/m1/s1. The van der Waals surface area contributed by atoms with E-state index in [2.05, 4.69) is 37.9 Å². The summed E-state index contributed by atoms with van der Waals surface area (Å²) in [6, 6.07) is 6.84. The van der Waals surface area contributed by atoms with Crippen molar-refractivity contribution in [2.45, 2.75) is 83.3 Å². The van der Waals surface area contributed by atoms with Gasteiger partial charge >= 0.3 is 0 Å². The molecule has 0 aromatic heterocycles. The third kappa shape index (κ3) is 4.00. The van der Waals surface area contributed by atoms with Crippen molar-refractivity contribution in [2.24, 2.45) is 0 Å². The predicted octanol–water partition coefficient (Wildman–Crippen LogP) is 3.82. The van der Waals surface area contributed by atoms with E-state index in [-0.39, 0.29) is 23.1 Å². The van der Waals surface area contributed by atoms with Crippen LogP contribution in [0.2, 0.25) is 0 Å². The van der Waals surface area contributed by atoms with Gasteiger partial charge in [0, 0.05) is 24.7 Å². The highest BCUT2D eigenvalue weighted by Crippen LogP contribution is 2.31. The number of carbonyl (C=O) groups excluding carboxylic acids is 1. The number of amides is 1. The Morgan fingerprint density at radius 2 is 2.00 bits per heavy atom. The molecular formula is C21H32N2O2. The van der Waals surface area contributed by atoms with E-state index in [0.29, 0.717) is 17.6 Å². The first-order chi connectivity index (χ1) is 11.8. The number of rotatable bonds is 2.